The van der Waals surface area contributed by atoms with Crippen molar-refractivity contribution in [3.05, 3.63) is 69.6 Å². The van der Waals surface area contributed by atoms with Gasteiger partial charge >= 0.3 is 6.61 Å². The molecule has 0 saturated carbocycles. The molecule has 2 aromatic carbocycles. The first kappa shape index (κ1) is 20.4. The number of thiazole rings is 1. The Labute approximate surface area is 173 Å². The molecule has 8 heteroatoms. The lowest BCUT2D eigenvalue weighted by atomic mass is 10.2. The number of carbonyl (C=O) groups is 1. The summed E-state index contributed by atoms with van der Waals surface area (Å²) in [7, 11) is 1.70. The molecule has 0 unspecified atom stereocenters. The van der Waals surface area contributed by atoms with Crippen LogP contribution >= 0.6 is 27.3 Å². The van der Waals surface area contributed by atoms with Crippen LogP contribution in [0.4, 0.5) is 8.78 Å². The van der Waals surface area contributed by atoms with E-state index in [1.54, 1.807) is 24.1 Å². The summed E-state index contributed by atoms with van der Waals surface area (Å²) in [5, 5.41) is 2.75. The quantitative estimate of drug-likeness (QED) is 0.469. The van der Waals surface area contributed by atoms with Gasteiger partial charge in [-0.2, -0.15) is 8.78 Å². The van der Waals surface area contributed by atoms with Crippen LogP contribution in [0.25, 0.3) is 10.6 Å². The maximum atomic E-state index is 12.5. The van der Waals surface area contributed by atoms with Crippen LogP contribution in [-0.2, 0) is 17.8 Å². The Balaban J connectivity index is 1.58. The van der Waals surface area contributed by atoms with Gasteiger partial charge in [0.2, 0.25) is 5.91 Å². The fraction of sp³-hybridized carbons (Fsp3) is 0.200. The maximum absolute atomic E-state index is 12.5. The van der Waals surface area contributed by atoms with Crippen molar-refractivity contribution >= 4 is 33.2 Å². The Kier molecular flexibility index (Phi) is 6.74. The molecule has 0 fully saturated rings. The number of likely N-dealkylation sites (N-methyl/N-ethyl adjacent to an activating group) is 1. The van der Waals surface area contributed by atoms with E-state index in [4.69, 9.17) is 0 Å². The van der Waals surface area contributed by atoms with Crippen LogP contribution in [-0.4, -0.2) is 29.5 Å². The summed E-state index contributed by atoms with van der Waals surface area (Å²) in [4.78, 5) is 18.6. The number of aromatic nitrogens is 1. The van der Waals surface area contributed by atoms with E-state index in [1.807, 2.05) is 29.6 Å². The van der Waals surface area contributed by atoms with Crippen LogP contribution in [0.2, 0.25) is 0 Å². The molecule has 1 heterocycles. The van der Waals surface area contributed by atoms with Gasteiger partial charge in [0, 0.05) is 29.0 Å². The molecular formula is C20H17BrF2N2O2S. The van der Waals surface area contributed by atoms with Crippen molar-refractivity contribution in [3.63, 3.8) is 0 Å². The number of ether oxygens (including phenoxy) is 1. The standard InChI is InChI=1S/C20H17BrF2N2O2S/c1-25(11-13-5-7-17(8-6-13)27-20(22)23)18(26)10-16-12-28-19(24-16)14-3-2-4-15(21)9-14/h2-9,12,20H,10-11H2,1H3. The molecule has 1 aromatic heterocycles. The highest BCUT2D eigenvalue weighted by atomic mass is 79.9. The molecule has 0 bridgehead atoms. The van der Waals surface area contributed by atoms with Crippen molar-refractivity contribution in [2.24, 2.45) is 0 Å². The van der Waals surface area contributed by atoms with E-state index in [0.717, 1.165) is 26.3 Å². The van der Waals surface area contributed by atoms with Gasteiger partial charge in [0.05, 0.1) is 12.1 Å². The average molecular weight is 467 g/mol. The molecular weight excluding hydrogens is 450 g/mol. The molecule has 0 aliphatic rings. The van der Waals surface area contributed by atoms with Crippen molar-refractivity contribution in [2.75, 3.05) is 7.05 Å². The normalized spacial score (nSPS) is 10.9. The minimum Gasteiger partial charge on any atom is -0.435 e. The monoisotopic (exact) mass is 466 g/mol. The summed E-state index contributed by atoms with van der Waals surface area (Å²) in [6.07, 6.45) is 0.202. The molecule has 0 N–H and O–H groups in total. The molecule has 28 heavy (non-hydrogen) atoms. The Hall–Kier alpha value is -2.32. The van der Waals surface area contributed by atoms with Gasteiger partial charge in [-0.25, -0.2) is 4.98 Å². The summed E-state index contributed by atoms with van der Waals surface area (Å²) >= 11 is 4.94. The molecule has 0 aliphatic heterocycles. The largest absolute Gasteiger partial charge is 0.435 e. The lowest BCUT2D eigenvalue weighted by Gasteiger charge is -2.17. The molecule has 4 nitrogen and oxygen atoms in total. The van der Waals surface area contributed by atoms with Crippen LogP contribution in [0, 0.1) is 0 Å². The third-order valence-electron chi connectivity index (χ3n) is 3.95. The molecule has 3 rings (SSSR count). The Morgan fingerprint density at radius 3 is 2.68 bits per heavy atom. The van der Waals surface area contributed by atoms with E-state index >= 15 is 0 Å². The van der Waals surface area contributed by atoms with Crippen LogP contribution in [0.5, 0.6) is 5.75 Å². The van der Waals surface area contributed by atoms with E-state index in [2.05, 4.69) is 25.7 Å². The molecule has 0 saturated heterocycles. The highest BCUT2D eigenvalue weighted by Crippen LogP contribution is 2.26. The summed E-state index contributed by atoms with van der Waals surface area (Å²) in [5.74, 6) is 0.0225. The number of benzene rings is 2. The number of halogens is 3. The minimum atomic E-state index is -2.85. The molecule has 146 valence electrons. The van der Waals surface area contributed by atoms with E-state index < -0.39 is 6.61 Å². The number of alkyl halides is 2. The fourth-order valence-corrected chi connectivity index (χ4v) is 3.79. The third-order valence-corrected chi connectivity index (χ3v) is 5.38. The van der Waals surface area contributed by atoms with Crippen molar-refractivity contribution in [1.82, 2.24) is 9.88 Å². The lowest BCUT2D eigenvalue weighted by molar-refractivity contribution is -0.129. The van der Waals surface area contributed by atoms with Crippen LogP contribution < -0.4 is 4.74 Å². The summed E-state index contributed by atoms with van der Waals surface area (Å²) in [6.45, 7) is -2.48. The molecule has 0 radical (unpaired) electrons. The topological polar surface area (TPSA) is 42.4 Å². The van der Waals surface area contributed by atoms with Gasteiger partial charge in [0.15, 0.2) is 0 Å². The number of rotatable bonds is 7. The zero-order valence-electron chi connectivity index (χ0n) is 14.9. The number of carbonyl (C=O) groups excluding carboxylic acids is 1. The average Bonchev–Trinajstić information content (AvgIpc) is 3.11. The van der Waals surface area contributed by atoms with Gasteiger partial charge in [0.25, 0.3) is 0 Å². The zero-order valence-corrected chi connectivity index (χ0v) is 17.3. The van der Waals surface area contributed by atoms with Crippen molar-refractivity contribution in [1.29, 1.82) is 0 Å². The SMILES string of the molecule is CN(Cc1ccc(OC(F)F)cc1)C(=O)Cc1csc(-c2cccc(Br)c2)n1. The first-order valence-electron chi connectivity index (χ1n) is 8.39. The summed E-state index contributed by atoms with van der Waals surface area (Å²) in [6, 6.07) is 14.1. The molecule has 3 aromatic rings. The van der Waals surface area contributed by atoms with E-state index in [-0.39, 0.29) is 18.1 Å². The van der Waals surface area contributed by atoms with Gasteiger partial charge in [-0.1, -0.05) is 40.2 Å². The van der Waals surface area contributed by atoms with Crippen molar-refractivity contribution in [2.45, 2.75) is 19.6 Å². The predicted octanol–water partition coefficient (Wildman–Crippen LogP) is 5.38. The van der Waals surface area contributed by atoms with Gasteiger partial charge in [-0.3, -0.25) is 4.79 Å². The third kappa shape index (κ3) is 5.59. The molecule has 0 atom stereocenters. The first-order valence-corrected chi connectivity index (χ1v) is 10.1. The van der Waals surface area contributed by atoms with Gasteiger partial charge in [-0.15, -0.1) is 11.3 Å². The van der Waals surface area contributed by atoms with Gasteiger partial charge in [0.1, 0.15) is 10.8 Å². The number of amides is 1. The minimum absolute atomic E-state index is 0.0704. The zero-order chi connectivity index (χ0) is 20.1. The highest BCUT2D eigenvalue weighted by Gasteiger charge is 2.14. The van der Waals surface area contributed by atoms with Crippen molar-refractivity contribution in [3.8, 4) is 16.3 Å². The number of hydrogen-bond acceptors (Lipinski definition) is 4. The second kappa shape index (κ2) is 9.25. The van der Waals surface area contributed by atoms with Crippen LogP contribution in [0.1, 0.15) is 11.3 Å². The van der Waals surface area contributed by atoms with Crippen LogP contribution in [0.3, 0.4) is 0 Å². The van der Waals surface area contributed by atoms with E-state index in [0.29, 0.717) is 6.54 Å². The maximum Gasteiger partial charge on any atom is 0.387 e. The molecule has 0 aliphatic carbocycles. The van der Waals surface area contributed by atoms with Crippen LogP contribution in [0.15, 0.2) is 58.4 Å². The highest BCUT2D eigenvalue weighted by molar-refractivity contribution is 9.10. The van der Waals surface area contributed by atoms with Gasteiger partial charge < -0.3 is 9.64 Å². The Morgan fingerprint density at radius 1 is 1.25 bits per heavy atom. The summed E-state index contributed by atoms with van der Waals surface area (Å²) in [5.41, 5.74) is 2.54. The summed E-state index contributed by atoms with van der Waals surface area (Å²) < 4.78 is 29.7. The predicted molar refractivity (Wildman–Crippen MR) is 109 cm³/mol. The van der Waals surface area contributed by atoms with E-state index in [1.165, 1.54) is 23.5 Å². The Bertz CT molecular complexity index is 947. The Morgan fingerprint density at radius 2 is 2.00 bits per heavy atom. The number of hydrogen-bond donors (Lipinski definition) is 0. The van der Waals surface area contributed by atoms with Crippen molar-refractivity contribution < 1.29 is 18.3 Å². The van der Waals surface area contributed by atoms with E-state index in [9.17, 15) is 13.6 Å². The van der Waals surface area contributed by atoms with Gasteiger partial charge in [-0.05, 0) is 29.8 Å². The molecule has 0 spiro atoms. The first-order chi connectivity index (χ1) is 13.4. The second-order valence-electron chi connectivity index (χ2n) is 6.10. The molecule has 1 amide bonds. The smallest absolute Gasteiger partial charge is 0.387 e. The second-order valence-corrected chi connectivity index (χ2v) is 7.88. The lowest BCUT2D eigenvalue weighted by Crippen LogP contribution is -2.27. The number of nitrogens with zero attached hydrogens (tertiary/aromatic N) is 2. The fourth-order valence-electron chi connectivity index (χ4n) is 2.57.